The molecule has 0 N–H and O–H groups in total. The van der Waals surface area contributed by atoms with Gasteiger partial charge in [-0.15, -0.1) is 0 Å². The van der Waals surface area contributed by atoms with E-state index in [1.165, 1.54) is 0 Å². The molecule has 1 radical (unpaired) electrons. The van der Waals surface area contributed by atoms with Crippen LogP contribution in [0.25, 0.3) is 0 Å². The molecule has 0 atom stereocenters. The van der Waals surface area contributed by atoms with E-state index in [-0.39, 0.29) is 73.4 Å². The topological polar surface area (TPSA) is 114 Å². The Labute approximate surface area is 73.4 Å². The molecule has 0 amide bonds. The van der Waals surface area contributed by atoms with Crippen molar-refractivity contribution in [3.8, 4) is 0 Å². The standard InChI is InChI=1S/Cr.2Fe.4O/q+3;2*+2;4*-2. The van der Waals surface area contributed by atoms with Crippen molar-refractivity contribution in [2.75, 3.05) is 0 Å². The van der Waals surface area contributed by atoms with E-state index in [0.29, 0.717) is 0 Å². The quantitative estimate of drug-likeness (QED) is 0.498. The van der Waals surface area contributed by atoms with Gasteiger partial charge in [-0.1, -0.05) is 0 Å². The first-order valence-corrected chi connectivity index (χ1v) is 0. The molecule has 4 nitrogen and oxygen atoms in total. The molecule has 7 heavy (non-hydrogen) atoms. The van der Waals surface area contributed by atoms with Gasteiger partial charge in [0.1, 0.15) is 0 Å². The third-order valence-corrected chi connectivity index (χ3v) is 0. The van der Waals surface area contributed by atoms with Gasteiger partial charge in [0.25, 0.3) is 0 Å². The van der Waals surface area contributed by atoms with Gasteiger partial charge in [0.15, 0.2) is 0 Å². The van der Waals surface area contributed by atoms with E-state index >= 15 is 0 Å². The van der Waals surface area contributed by atoms with Crippen LogP contribution >= 0.6 is 0 Å². The van der Waals surface area contributed by atoms with Crippen molar-refractivity contribution in [1.29, 1.82) is 0 Å². The predicted octanol–water partition coefficient (Wildman–Crippen LogP) is -0.483. The summed E-state index contributed by atoms with van der Waals surface area (Å²) < 4.78 is 0. The Morgan fingerprint density at radius 2 is 0.429 bits per heavy atom. The zero-order valence-corrected chi connectivity index (χ0v) is 6.23. The molecule has 0 spiro atoms. The first-order valence-electron chi connectivity index (χ1n) is 0. The van der Waals surface area contributed by atoms with Gasteiger partial charge in [0, 0.05) is 0 Å². The van der Waals surface area contributed by atoms with Crippen LogP contribution in [0.15, 0.2) is 0 Å². The van der Waals surface area contributed by atoms with Crippen molar-refractivity contribution in [1.82, 2.24) is 0 Å². The summed E-state index contributed by atoms with van der Waals surface area (Å²) in [5, 5.41) is 0. The molecule has 0 heterocycles. The van der Waals surface area contributed by atoms with Crippen LogP contribution in [-0.2, 0) is 73.4 Å². The van der Waals surface area contributed by atoms with E-state index in [9.17, 15) is 0 Å². The Balaban J connectivity index is 0. The molecule has 0 aromatic rings. The Morgan fingerprint density at radius 3 is 0.429 bits per heavy atom. The average molecular weight is 228 g/mol. The van der Waals surface area contributed by atoms with Crippen LogP contribution in [0.5, 0.6) is 0 Å². The van der Waals surface area contributed by atoms with Crippen LogP contribution in [0.4, 0.5) is 0 Å². The molecule has 0 saturated carbocycles. The van der Waals surface area contributed by atoms with Crippen molar-refractivity contribution >= 4 is 0 Å². The van der Waals surface area contributed by atoms with Gasteiger partial charge in [-0.25, -0.2) is 0 Å². The molecule has 0 bridgehead atoms. The maximum atomic E-state index is 0. The van der Waals surface area contributed by atoms with Crippen molar-refractivity contribution in [3.05, 3.63) is 0 Å². The molecule has 0 fully saturated rings. The second kappa shape index (κ2) is 153. The van der Waals surface area contributed by atoms with Crippen molar-refractivity contribution in [2.24, 2.45) is 0 Å². The SMILES string of the molecule is [Cr+3].[Fe+2].[Fe+2].[O-2].[O-2].[O-2].[O-2]. The minimum Gasteiger partial charge on any atom is -2.00 e. The van der Waals surface area contributed by atoms with Crippen LogP contribution in [0.3, 0.4) is 0 Å². The maximum Gasteiger partial charge on any atom is 3.00 e. The Hall–Kier alpha value is 1.41. The summed E-state index contributed by atoms with van der Waals surface area (Å²) in [6.45, 7) is 0. The summed E-state index contributed by atoms with van der Waals surface area (Å²) in [5.41, 5.74) is 0. The minimum absolute atomic E-state index is 0. The number of hydrogen-bond donors (Lipinski definition) is 0. The number of rotatable bonds is 0. The molecular formula is CrFe2O4-. The molecule has 0 saturated heterocycles. The van der Waals surface area contributed by atoms with Crippen LogP contribution in [0, 0.1) is 0 Å². The molecule has 0 aromatic carbocycles. The van der Waals surface area contributed by atoms with Crippen molar-refractivity contribution in [2.45, 2.75) is 0 Å². The molecule has 0 aliphatic carbocycles. The summed E-state index contributed by atoms with van der Waals surface area (Å²) >= 11 is 0. The largest absolute Gasteiger partial charge is 3.00 e. The Bertz CT molecular complexity index is 9.65. The van der Waals surface area contributed by atoms with E-state index in [2.05, 4.69) is 0 Å². The second-order valence-corrected chi connectivity index (χ2v) is 0. The monoisotopic (exact) mass is 228 g/mol. The van der Waals surface area contributed by atoms with Crippen molar-refractivity contribution in [3.63, 3.8) is 0 Å². The first-order chi connectivity index (χ1) is 0. The third-order valence-electron chi connectivity index (χ3n) is 0. The maximum absolute atomic E-state index is 0. The molecular weight excluding hydrogens is 228 g/mol. The molecule has 0 rings (SSSR count). The molecule has 7 heteroatoms. The summed E-state index contributed by atoms with van der Waals surface area (Å²) in [4.78, 5) is 0. The molecule has 0 unspecified atom stereocenters. The fraction of sp³-hybridized carbons (Fsp3) is 0. The second-order valence-electron chi connectivity index (χ2n) is 0. The van der Waals surface area contributed by atoms with Gasteiger partial charge < -0.3 is 21.9 Å². The zero-order valence-electron chi connectivity index (χ0n) is 2.75. The summed E-state index contributed by atoms with van der Waals surface area (Å²) in [6, 6.07) is 0. The number of hydrogen-bond acceptors (Lipinski definition) is 0. The van der Waals surface area contributed by atoms with Crippen LogP contribution in [0.2, 0.25) is 0 Å². The summed E-state index contributed by atoms with van der Waals surface area (Å²) in [5.74, 6) is 0. The average Bonchev–Trinajstić information content (AvgIpc) is 0. The molecule has 0 aliphatic rings. The molecule has 47 valence electrons. The van der Waals surface area contributed by atoms with Gasteiger partial charge in [-0.05, 0) is 0 Å². The van der Waals surface area contributed by atoms with Crippen LogP contribution in [0.1, 0.15) is 0 Å². The van der Waals surface area contributed by atoms with Crippen LogP contribution < -0.4 is 0 Å². The fourth-order valence-electron chi connectivity index (χ4n) is 0. The first kappa shape index (κ1) is 232. The van der Waals surface area contributed by atoms with Crippen LogP contribution in [-0.4, -0.2) is 0 Å². The van der Waals surface area contributed by atoms with Gasteiger partial charge in [-0.3, -0.25) is 0 Å². The van der Waals surface area contributed by atoms with Gasteiger partial charge >= 0.3 is 51.5 Å². The van der Waals surface area contributed by atoms with Gasteiger partial charge in [0.2, 0.25) is 0 Å². The Kier molecular flexibility index (Phi) is 5070. The Morgan fingerprint density at radius 1 is 0.429 bits per heavy atom. The summed E-state index contributed by atoms with van der Waals surface area (Å²) in [6.07, 6.45) is 0. The summed E-state index contributed by atoms with van der Waals surface area (Å²) in [7, 11) is 0. The van der Waals surface area contributed by atoms with Gasteiger partial charge in [0.05, 0.1) is 0 Å². The van der Waals surface area contributed by atoms with Crippen molar-refractivity contribution < 1.29 is 73.4 Å². The zero-order chi connectivity index (χ0) is 0. The van der Waals surface area contributed by atoms with E-state index in [0.717, 1.165) is 0 Å². The fourth-order valence-corrected chi connectivity index (χ4v) is 0. The smallest absolute Gasteiger partial charge is 2.00 e. The predicted molar refractivity (Wildman–Crippen MR) is 2.75 cm³/mol. The van der Waals surface area contributed by atoms with E-state index in [1.807, 2.05) is 0 Å². The minimum atomic E-state index is 0. The molecule has 0 aliphatic heterocycles. The third kappa shape index (κ3) is 109. The normalized spacial score (nSPS) is 0. The molecule has 0 aromatic heterocycles. The van der Waals surface area contributed by atoms with E-state index in [1.54, 1.807) is 0 Å². The van der Waals surface area contributed by atoms with E-state index < -0.39 is 0 Å². The van der Waals surface area contributed by atoms with Gasteiger partial charge in [-0.2, -0.15) is 0 Å². The van der Waals surface area contributed by atoms with E-state index in [4.69, 9.17) is 0 Å².